The Hall–Kier alpha value is -1.87. The Morgan fingerprint density at radius 1 is 1.33 bits per heavy atom. The molecule has 1 amide bonds. The molecule has 96 valence electrons. The van der Waals surface area contributed by atoms with Crippen LogP contribution in [0.5, 0.6) is 0 Å². The average Bonchev–Trinajstić information content (AvgIpc) is 2.34. The van der Waals surface area contributed by atoms with Crippen LogP contribution in [0.2, 0.25) is 0 Å². The Morgan fingerprint density at radius 3 is 2.33 bits per heavy atom. The highest BCUT2D eigenvalue weighted by Gasteiger charge is 2.12. The standard InChI is InChI=1S/C12H14N2O3S/c1-14(12(15)4-3-9-13)10-5-7-11(8-6-10)18(2,16)17/h5-8H,3-4H2,1-2H3. The highest BCUT2D eigenvalue weighted by molar-refractivity contribution is 7.90. The Labute approximate surface area is 107 Å². The minimum Gasteiger partial charge on any atom is -0.315 e. The number of carbonyl (C=O) groups excluding carboxylic acids is 1. The van der Waals surface area contributed by atoms with Gasteiger partial charge in [-0.25, -0.2) is 8.42 Å². The lowest BCUT2D eigenvalue weighted by Crippen LogP contribution is -2.25. The van der Waals surface area contributed by atoms with Gasteiger partial charge in [-0.3, -0.25) is 4.79 Å². The first-order valence-electron chi connectivity index (χ1n) is 5.30. The zero-order valence-corrected chi connectivity index (χ0v) is 11.1. The van der Waals surface area contributed by atoms with Gasteiger partial charge < -0.3 is 4.90 Å². The molecule has 0 N–H and O–H groups in total. The van der Waals surface area contributed by atoms with Gasteiger partial charge in [-0.2, -0.15) is 5.26 Å². The van der Waals surface area contributed by atoms with Gasteiger partial charge in [-0.15, -0.1) is 0 Å². The molecule has 0 aliphatic rings. The van der Waals surface area contributed by atoms with E-state index >= 15 is 0 Å². The smallest absolute Gasteiger partial charge is 0.227 e. The lowest BCUT2D eigenvalue weighted by Gasteiger charge is -2.16. The molecule has 0 radical (unpaired) electrons. The Bertz CT molecular complexity index is 570. The summed E-state index contributed by atoms with van der Waals surface area (Å²) in [5, 5.41) is 8.41. The molecule has 0 atom stereocenters. The zero-order chi connectivity index (χ0) is 13.8. The second-order valence-corrected chi connectivity index (χ2v) is 5.89. The average molecular weight is 266 g/mol. The largest absolute Gasteiger partial charge is 0.315 e. The molecule has 5 nitrogen and oxygen atoms in total. The van der Waals surface area contributed by atoms with E-state index < -0.39 is 9.84 Å². The zero-order valence-electron chi connectivity index (χ0n) is 10.3. The molecular weight excluding hydrogens is 252 g/mol. The van der Waals surface area contributed by atoms with Crippen LogP contribution in [0.15, 0.2) is 29.2 Å². The number of hydrogen-bond acceptors (Lipinski definition) is 4. The summed E-state index contributed by atoms with van der Waals surface area (Å²) in [6.07, 6.45) is 1.45. The van der Waals surface area contributed by atoms with Gasteiger partial charge in [-0.05, 0) is 24.3 Å². The molecule has 1 rings (SSSR count). The van der Waals surface area contributed by atoms with Crippen LogP contribution in [0.1, 0.15) is 12.8 Å². The fraction of sp³-hybridized carbons (Fsp3) is 0.333. The van der Waals surface area contributed by atoms with Crippen molar-refractivity contribution in [3.63, 3.8) is 0 Å². The number of hydrogen-bond donors (Lipinski definition) is 0. The molecule has 0 aromatic heterocycles. The van der Waals surface area contributed by atoms with Gasteiger partial charge in [-0.1, -0.05) is 0 Å². The molecule has 6 heteroatoms. The molecule has 0 aliphatic carbocycles. The van der Waals surface area contributed by atoms with Crippen molar-refractivity contribution in [2.45, 2.75) is 17.7 Å². The summed E-state index contributed by atoms with van der Waals surface area (Å²) >= 11 is 0. The van der Waals surface area contributed by atoms with E-state index in [9.17, 15) is 13.2 Å². The van der Waals surface area contributed by atoms with Crippen LogP contribution in [-0.4, -0.2) is 27.6 Å². The molecule has 1 aromatic carbocycles. The van der Waals surface area contributed by atoms with Crippen LogP contribution in [0.4, 0.5) is 5.69 Å². The quantitative estimate of drug-likeness (QED) is 0.824. The molecule has 0 unspecified atom stereocenters. The molecule has 0 aliphatic heterocycles. The van der Waals surface area contributed by atoms with E-state index in [1.807, 2.05) is 6.07 Å². The summed E-state index contributed by atoms with van der Waals surface area (Å²) in [6.45, 7) is 0. The molecular formula is C12H14N2O3S. The summed E-state index contributed by atoms with van der Waals surface area (Å²) < 4.78 is 22.5. The van der Waals surface area contributed by atoms with Gasteiger partial charge >= 0.3 is 0 Å². The number of anilines is 1. The topological polar surface area (TPSA) is 78.2 Å². The van der Waals surface area contributed by atoms with E-state index in [0.29, 0.717) is 5.69 Å². The third-order valence-electron chi connectivity index (χ3n) is 2.48. The van der Waals surface area contributed by atoms with Crippen molar-refractivity contribution in [3.8, 4) is 6.07 Å². The maximum Gasteiger partial charge on any atom is 0.227 e. The van der Waals surface area contributed by atoms with Crippen molar-refractivity contribution in [1.29, 1.82) is 5.26 Å². The molecule has 0 fully saturated rings. The summed E-state index contributed by atoms with van der Waals surface area (Å²) in [6, 6.07) is 7.96. The van der Waals surface area contributed by atoms with Crippen LogP contribution in [-0.2, 0) is 14.6 Å². The maximum atomic E-state index is 11.6. The van der Waals surface area contributed by atoms with Gasteiger partial charge in [0.25, 0.3) is 0 Å². The molecule has 0 saturated carbocycles. The molecule has 0 heterocycles. The van der Waals surface area contributed by atoms with Crippen molar-refractivity contribution >= 4 is 21.4 Å². The lowest BCUT2D eigenvalue weighted by atomic mass is 10.2. The Morgan fingerprint density at radius 2 is 1.89 bits per heavy atom. The van der Waals surface area contributed by atoms with Crippen molar-refractivity contribution in [2.24, 2.45) is 0 Å². The Balaban J connectivity index is 2.86. The molecule has 0 bridgehead atoms. The van der Waals surface area contributed by atoms with Crippen LogP contribution in [0.25, 0.3) is 0 Å². The van der Waals surface area contributed by atoms with Gasteiger partial charge in [0.05, 0.1) is 11.0 Å². The summed E-state index contributed by atoms with van der Waals surface area (Å²) in [4.78, 5) is 13.3. The van der Waals surface area contributed by atoms with E-state index in [1.165, 1.54) is 17.0 Å². The number of nitriles is 1. The normalized spacial score (nSPS) is 10.7. The Kier molecular flexibility index (Phi) is 4.45. The van der Waals surface area contributed by atoms with Crippen molar-refractivity contribution in [3.05, 3.63) is 24.3 Å². The second-order valence-electron chi connectivity index (χ2n) is 3.88. The van der Waals surface area contributed by atoms with E-state index in [-0.39, 0.29) is 23.6 Å². The van der Waals surface area contributed by atoms with Crippen LogP contribution in [0, 0.1) is 11.3 Å². The van der Waals surface area contributed by atoms with E-state index in [1.54, 1.807) is 19.2 Å². The van der Waals surface area contributed by atoms with Gasteiger partial charge in [0.2, 0.25) is 5.91 Å². The van der Waals surface area contributed by atoms with Crippen molar-refractivity contribution in [2.75, 3.05) is 18.2 Å². The third kappa shape index (κ3) is 3.57. The van der Waals surface area contributed by atoms with Gasteiger partial charge in [0.15, 0.2) is 9.84 Å². The summed E-state index contributed by atoms with van der Waals surface area (Å²) in [7, 11) is -1.63. The molecule has 18 heavy (non-hydrogen) atoms. The lowest BCUT2D eigenvalue weighted by molar-refractivity contribution is -0.118. The number of amides is 1. The van der Waals surface area contributed by atoms with E-state index in [0.717, 1.165) is 6.26 Å². The first-order chi connectivity index (χ1) is 8.36. The number of carbonyl (C=O) groups is 1. The van der Waals surface area contributed by atoms with Gasteiger partial charge in [0.1, 0.15) is 0 Å². The highest BCUT2D eigenvalue weighted by atomic mass is 32.2. The second kappa shape index (κ2) is 5.65. The van der Waals surface area contributed by atoms with E-state index in [2.05, 4.69) is 0 Å². The fourth-order valence-corrected chi connectivity index (χ4v) is 2.02. The van der Waals surface area contributed by atoms with Crippen LogP contribution >= 0.6 is 0 Å². The molecule has 1 aromatic rings. The summed E-state index contributed by atoms with van der Waals surface area (Å²) in [5.41, 5.74) is 0.602. The molecule has 0 saturated heterocycles. The molecule has 0 spiro atoms. The predicted molar refractivity (Wildman–Crippen MR) is 67.8 cm³/mol. The van der Waals surface area contributed by atoms with Gasteiger partial charge in [0, 0.05) is 31.8 Å². The van der Waals surface area contributed by atoms with E-state index in [4.69, 9.17) is 5.26 Å². The van der Waals surface area contributed by atoms with Crippen molar-refractivity contribution in [1.82, 2.24) is 0 Å². The van der Waals surface area contributed by atoms with Crippen LogP contribution < -0.4 is 4.90 Å². The minimum atomic E-state index is -3.23. The summed E-state index contributed by atoms with van der Waals surface area (Å²) in [5.74, 6) is -0.177. The number of rotatable bonds is 4. The van der Waals surface area contributed by atoms with Crippen LogP contribution in [0.3, 0.4) is 0 Å². The maximum absolute atomic E-state index is 11.6. The highest BCUT2D eigenvalue weighted by Crippen LogP contribution is 2.17. The number of nitrogens with zero attached hydrogens (tertiary/aromatic N) is 2. The SMILES string of the molecule is CN(C(=O)CCC#N)c1ccc(S(C)(=O)=O)cc1. The first kappa shape index (κ1) is 14.2. The number of benzene rings is 1. The monoisotopic (exact) mass is 266 g/mol. The first-order valence-corrected chi connectivity index (χ1v) is 7.19. The minimum absolute atomic E-state index is 0.154. The fourth-order valence-electron chi connectivity index (χ4n) is 1.39. The van der Waals surface area contributed by atoms with Crippen molar-refractivity contribution < 1.29 is 13.2 Å². The predicted octanol–water partition coefficient (Wildman–Crippen LogP) is 1.36. The third-order valence-corrected chi connectivity index (χ3v) is 3.61. The number of sulfone groups is 1.